The molecule has 0 unspecified atom stereocenters. The summed E-state index contributed by atoms with van der Waals surface area (Å²) >= 11 is 0. The van der Waals surface area contributed by atoms with Gasteiger partial charge in [-0.05, 0) is 55.0 Å². The van der Waals surface area contributed by atoms with Gasteiger partial charge in [-0.2, -0.15) is 31.4 Å². The zero-order valence-electron chi connectivity index (χ0n) is 22.8. The van der Waals surface area contributed by atoms with Crippen LogP contribution in [-0.2, 0) is 11.0 Å². The number of likely N-dealkylation sites (N-methyl/N-ethyl adjacent to an activating group) is 1. The number of hydrogen-bond acceptors (Lipinski definition) is 4. The van der Waals surface area contributed by atoms with Crippen molar-refractivity contribution in [2.75, 3.05) is 11.4 Å². The average molecular weight is 620 g/mol. The highest BCUT2D eigenvalue weighted by atomic mass is 19.4. The van der Waals surface area contributed by atoms with Crippen LogP contribution in [0.1, 0.15) is 51.6 Å². The Labute approximate surface area is 246 Å². The normalized spacial score (nSPS) is 17.8. The van der Waals surface area contributed by atoms with Gasteiger partial charge in [0.15, 0.2) is 0 Å². The lowest BCUT2D eigenvalue weighted by atomic mass is 9.80. The van der Waals surface area contributed by atoms with Crippen LogP contribution in [-0.4, -0.2) is 40.4 Å². The Morgan fingerprint density at radius 1 is 0.977 bits per heavy atom. The molecule has 0 aliphatic carbocycles. The summed E-state index contributed by atoms with van der Waals surface area (Å²) in [6, 6.07) is 11.8. The molecule has 3 atom stereocenters. The van der Waals surface area contributed by atoms with E-state index in [9.17, 15) is 40.3 Å². The fourth-order valence-corrected chi connectivity index (χ4v) is 5.25. The number of nitrogens with one attached hydrogen (secondary N) is 1. The van der Waals surface area contributed by atoms with Crippen LogP contribution in [0.25, 0.3) is 5.69 Å². The number of alkyl halides is 6. The number of rotatable bonds is 6. The van der Waals surface area contributed by atoms with Crippen molar-refractivity contribution < 1.29 is 40.3 Å². The summed E-state index contributed by atoms with van der Waals surface area (Å²) in [7, 11) is 0. The van der Waals surface area contributed by atoms with Gasteiger partial charge in [0.05, 0.1) is 16.9 Å². The third-order valence-corrected chi connectivity index (χ3v) is 7.29. The number of anilines is 1. The van der Waals surface area contributed by atoms with E-state index < -0.39 is 64.8 Å². The van der Waals surface area contributed by atoms with Crippen molar-refractivity contribution in [1.29, 1.82) is 0 Å². The Kier molecular flexibility index (Phi) is 7.97. The van der Waals surface area contributed by atoms with Gasteiger partial charge in [0, 0.05) is 23.6 Å². The number of benzene rings is 3. The maximum Gasteiger partial charge on any atom is 0.416 e. The van der Waals surface area contributed by atoms with Gasteiger partial charge in [-0.25, -0.2) is 9.07 Å². The van der Waals surface area contributed by atoms with Crippen molar-refractivity contribution in [2.45, 2.75) is 37.3 Å². The van der Waals surface area contributed by atoms with E-state index >= 15 is 0 Å². The number of carbonyl (C=O) groups is 2. The number of nitrogens with zero attached hydrogens (tertiary/aromatic N) is 3. The van der Waals surface area contributed by atoms with Crippen molar-refractivity contribution in [1.82, 2.24) is 15.1 Å². The highest BCUT2D eigenvalue weighted by Crippen LogP contribution is 2.47. The minimum absolute atomic E-state index is 0.0442. The van der Waals surface area contributed by atoms with Crippen LogP contribution in [0.4, 0.5) is 36.6 Å². The number of para-hydroxylation sites is 1. The molecular formula is C30H24F7N5O2. The number of fused-ring (bicyclic) bond motifs is 1. The predicted octanol–water partition coefficient (Wildman–Crippen LogP) is 5.89. The first-order chi connectivity index (χ1) is 20.7. The van der Waals surface area contributed by atoms with Crippen molar-refractivity contribution in [3.63, 3.8) is 0 Å². The molecule has 1 aromatic heterocycles. The molecule has 2 heterocycles. The van der Waals surface area contributed by atoms with Crippen molar-refractivity contribution >= 4 is 17.6 Å². The lowest BCUT2D eigenvalue weighted by Gasteiger charge is -2.39. The van der Waals surface area contributed by atoms with Crippen molar-refractivity contribution in [3.8, 4) is 5.69 Å². The van der Waals surface area contributed by atoms with Crippen LogP contribution in [0.2, 0.25) is 0 Å². The summed E-state index contributed by atoms with van der Waals surface area (Å²) in [6.45, 7) is 1.47. The molecule has 0 saturated heterocycles. The molecule has 0 spiro atoms. The number of aromatic nitrogens is 2. The molecular weight excluding hydrogens is 595 g/mol. The molecule has 14 heteroatoms. The molecule has 7 nitrogen and oxygen atoms in total. The van der Waals surface area contributed by atoms with E-state index in [1.165, 1.54) is 12.1 Å². The van der Waals surface area contributed by atoms with E-state index in [1.54, 1.807) is 37.3 Å². The molecule has 5 rings (SSSR count). The molecule has 3 N–H and O–H groups in total. The largest absolute Gasteiger partial charge is 0.416 e. The van der Waals surface area contributed by atoms with Crippen molar-refractivity contribution in [2.24, 2.45) is 5.73 Å². The monoisotopic (exact) mass is 619 g/mol. The number of halogens is 7. The number of hydrogen-bond donors (Lipinski definition) is 2. The predicted molar refractivity (Wildman–Crippen MR) is 146 cm³/mol. The molecule has 0 radical (unpaired) electrons. The summed E-state index contributed by atoms with van der Waals surface area (Å²) < 4.78 is 97.6. The standard InChI is InChI=1S/C30H24F7N5O2/c1-2-41-27-22(23(25(38)30(35,36)37)40-42(27)20-9-4-3-5-10-20)21(16-11-13-19(31)14-12-16)24(28(41)44)39-26(43)17-7-6-8-18(15-17)29(32,33)34/h3-15,21,24-25H,2,38H2,1H3,(H,39,43)/t21-,24-,25-/m0/s1. The van der Waals surface area contributed by atoms with E-state index in [0.717, 1.165) is 39.9 Å². The van der Waals surface area contributed by atoms with Crippen LogP contribution in [0.15, 0.2) is 78.9 Å². The Hall–Kier alpha value is -4.72. The molecule has 0 saturated carbocycles. The fourth-order valence-electron chi connectivity index (χ4n) is 5.25. The zero-order valence-corrected chi connectivity index (χ0v) is 22.8. The second kappa shape index (κ2) is 11.4. The minimum Gasteiger partial charge on any atom is -0.339 e. The first-order valence-electron chi connectivity index (χ1n) is 13.3. The van der Waals surface area contributed by atoms with Crippen LogP contribution < -0.4 is 16.0 Å². The number of nitrogens with two attached hydrogens (primary N) is 1. The fraction of sp³-hybridized carbons (Fsp3) is 0.233. The molecule has 3 aromatic carbocycles. The molecule has 0 bridgehead atoms. The zero-order chi connectivity index (χ0) is 32.0. The van der Waals surface area contributed by atoms with Crippen LogP contribution in [0.5, 0.6) is 0 Å². The van der Waals surface area contributed by atoms with Gasteiger partial charge in [-0.15, -0.1) is 0 Å². The first-order valence-corrected chi connectivity index (χ1v) is 13.3. The minimum atomic E-state index is -4.98. The average Bonchev–Trinajstić information content (AvgIpc) is 3.37. The first kappa shape index (κ1) is 30.7. The summed E-state index contributed by atoms with van der Waals surface area (Å²) in [5, 5.41) is 6.67. The number of carbonyl (C=O) groups excluding carboxylic acids is 2. The molecule has 1 aliphatic rings. The summed E-state index contributed by atoms with van der Waals surface area (Å²) in [4.78, 5) is 28.6. The van der Waals surface area contributed by atoms with E-state index in [0.29, 0.717) is 11.8 Å². The quantitative estimate of drug-likeness (QED) is 0.264. The summed E-state index contributed by atoms with van der Waals surface area (Å²) in [6.07, 6.45) is -9.75. The molecule has 230 valence electrons. The van der Waals surface area contributed by atoms with Crippen LogP contribution in [0.3, 0.4) is 0 Å². The smallest absolute Gasteiger partial charge is 0.339 e. The van der Waals surface area contributed by atoms with E-state index in [1.807, 2.05) is 0 Å². The van der Waals surface area contributed by atoms with Crippen LogP contribution >= 0.6 is 0 Å². The molecule has 1 aliphatic heterocycles. The highest BCUT2D eigenvalue weighted by molar-refractivity contribution is 6.05. The lowest BCUT2D eigenvalue weighted by molar-refractivity contribution is -0.150. The van der Waals surface area contributed by atoms with Crippen LogP contribution in [0, 0.1) is 5.82 Å². The Morgan fingerprint density at radius 2 is 1.64 bits per heavy atom. The maximum absolute atomic E-state index is 14.2. The third kappa shape index (κ3) is 5.64. The van der Waals surface area contributed by atoms with Crippen molar-refractivity contribution in [3.05, 3.63) is 113 Å². The topological polar surface area (TPSA) is 93.2 Å². The van der Waals surface area contributed by atoms with Gasteiger partial charge in [0.2, 0.25) is 0 Å². The van der Waals surface area contributed by atoms with Gasteiger partial charge < -0.3 is 11.1 Å². The third-order valence-electron chi connectivity index (χ3n) is 7.29. The Morgan fingerprint density at radius 3 is 2.23 bits per heavy atom. The van der Waals surface area contributed by atoms with Gasteiger partial charge in [-0.1, -0.05) is 36.4 Å². The second-order valence-electron chi connectivity index (χ2n) is 10.0. The van der Waals surface area contributed by atoms with E-state index in [2.05, 4.69) is 10.4 Å². The number of amides is 2. The Bertz CT molecular complexity index is 1680. The lowest BCUT2D eigenvalue weighted by Crippen LogP contribution is -2.55. The summed E-state index contributed by atoms with van der Waals surface area (Å²) in [5.74, 6) is -3.98. The molecule has 44 heavy (non-hydrogen) atoms. The van der Waals surface area contributed by atoms with Gasteiger partial charge >= 0.3 is 12.4 Å². The van der Waals surface area contributed by atoms with E-state index in [4.69, 9.17) is 5.73 Å². The summed E-state index contributed by atoms with van der Waals surface area (Å²) in [5.41, 5.74) is 3.80. The molecule has 2 amide bonds. The highest BCUT2D eigenvalue weighted by Gasteiger charge is 2.50. The molecule has 0 fully saturated rings. The SMILES string of the molecule is CCN1C(=O)[C@@H](NC(=O)c2cccc(C(F)(F)F)c2)[C@@H](c2ccc(F)cc2)c2c([C@H](N)C(F)(F)F)nn(-c3ccccc3)c21. The van der Waals surface area contributed by atoms with Gasteiger partial charge in [0.25, 0.3) is 11.8 Å². The molecule has 4 aromatic rings. The second-order valence-corrected chi connectivity index (χ2v) is 10.0. The van der Waals surface area contributed by atoms with Gasteiger partial charge in [0.1, 0.15) is 23.7 Å². The maximum atomic E-state index is 14.2. The Balaban J connectivity index is 1.75. The van der Waals surface area contributed by atoms with E-state index in [-0.39, 0.29) is 23.5 Å². The van der Waals surface area contributed by atoms with Gasteiger partial charge in [-0.3, -0.25) is 14.5 Å².